The molecule has 0 amide bonds. The number of hydrogen-bond donors (Lipinski definition) is 1. The van der Waals surface area contributed by atoms with Crippen molar-refractivity contribution in [2.75, 3.05) is 13.7 Å². The van der Waals surface area contributed by atoms with Gasteiger partial charge in [-0.1, -0.05) is 13.0 Å². The van der Waals surface area contributed by atoms with E-state index in [9.17, 15) is 8.78 Å². The number of hydrogen-bond acceptors (Lipinski definition) is 2. The van der Waals surface area contributed by atoms with E-state index in [-0.39, 0.29) is 10.0 Å². The zero-order valence-corrected chi connectivity index (χ0v) is 13.4. The van der Waals surface area contributed by atoms with Gasteiger partial charge in [0.25, 0.3) is 0 Å². The van der Waals surface area contributed by atoms with Crippen LogP contribution in [0.15, 0.2) is 34.8 Å². The van der Waals surface area contributed by atoms with Crippen LogP contribution in [0.5, 0.6) is 5.75 Å². The average Bonchev–Trinajstić information content (AvgIpc) is 2.50. The van der Waals surface area contributed by atoms with Crippen LogP contribution in [0.4, 0.5) is 8.78 Å². The van der Waals surface area contributed by atoms with Crippen LogP contribution >= 0.6 is 15.9 Å². The summed E-state index contributed by atoms with van der Waals surface area (Å²) in [5.74, 6) is -0.529. The molecule has 0 aromatic heterocycles. The van der Waals surface area contributed by atoms with E-state index in [4.69, 9.17) is 4.74 Å². The molecule has 0 aliphatic heterocycles. The van der Waals surface area contributed by atoms with Gasteiger partial charge in [0.15, 0.2) is 0 Å². The van der Waals surface area contributed by atoms with Gasteiger partial charge in [0.2, 0.25) is 0 Å². The second-order valence-electron chi connectivity index (χ2n) is 4.52. The lowest BCUT2D eigenvalue weighted by molar-refractivity contribution is 0.414. The van der Waals surface area contributed by atoms with E-state index in [0.717, 1.165) is 12.1 Å². The third-order valence-corrected chi connectivity index (χ3v) is 3.80. The molecule has 2 aromatic rings. The molecule has 2 aromatic carbocycles. The molecule has 0 atom stereocenters. The lowest BCUT2D eigenvalue weighted by Gasteiger charge is -2.14. The van der Waals surface area contributed by atoms with Crippen molar-refractivity contribution >= 4 is 15.9 Å². The van der Waals surface area contributed by atoms with Crippen molar-refractivity contribution < 1.29 is 13.5 Å². The van der Waals surface area contributed by atoms with Gasteiger partial charge in [-0.2, -0.15) is 0 Å². The molecule has 0 aliphatic rings. The Labute approximate surface area is 131 Å². The van der Waals surface area contributed by atoms with E-state index in [0.29, 0.717) is 17.9 Å². The molecular formula is C16H16BrF2NO. The highest BCUT2D eigenvalue weighted by Crippen LogP contribution is 2.34. The third kappa shape index (κ3) is 3.41. The van der Waals surface area contributed by atoms with Crippen molar-refractivity contribution in [3.8, 4) is 16.9 Å². The molecule has 0 aliphatic carbocycles. The molecule has 0 spiro atoms. The average molecular weight is 356 g/mol. The van der Waals surface area contributed by atoms with Gasteiger partial charge < -0.3 is 10.1 Å². The Morgan fingerprint density at radius 3 is 2.62 bits per heavy atom. The monoisotopic (exact) mass is 355 g/mol. The fourth-order valence-electron chi connectivity index (χ4n) is 2.12. The number of methoxy groups -OCH3 is 1. The maximum atomic E-state index is 14.3. The smallest absolute Gasteiger partial charge is 0.148 e. The Hall–Kier alpha value is -1.46. The molecule has 21 heavy (non-hydrogen) atoms. The summed E-state index contributed by atoms with van der Waals surface area (Å²) in [5, 5.41) is 3.17. The van der Waals surface area contributed by atoms with Crippen LogP contribution in [0, 0.1) is 11.6 Å². The van der Waals surface area contributed by atoms with Crippen molar-refractivity contribution in [2.45, 2.75) is 13.5 Å². The first-order valence-electron chi connectivity index (χ1n) is 6.60. The third-order valence-electron chi connectivity index (χ3n) is 3.19. The second-order valence-corrected chi connectivity index (χ2v) is 5.38. The van der Waals surface area contributed by atoms with E-state index in [1.165, 1.54) is 12.1 Å². The first kappa shape index (κ1) is 15.9. The van der Waals surface area contributed by atoms with Gasteiger partial charge >= 0.3 is 0 Å². The fourth-order valence-corrected chi connectivity index (χ4v) is 2.45. The highest BCUT2D eigenvalue weighted by atomic mass is 79.9. The largest absolute Gasteiger partial charge is 0.497 e. The standard InChI is InChI=1S/C16H16BrF2NO/c1-3-20-9-10-8-11(21-2)4-5-12(10)15-14(18)7-6-13(17)16(15)19/h4-8,20H,3,9H2,1-2H3. The van der Waals surface area contributed by atoms with Crippen LogP contribution in [0.2, 0.25) is 0 Å². The lowest BCUT2D eigenvalue weighted by Crippen LogP contribution is -2.13. The summed E-state index contributed by atoms with van der Waals surface area (Å²) < 4.78 is 33.8. The molecule has 0 radical (unpaired) electrons. The van der Waals surface area contributed by atoms with Crippen LogP contribution in [0.1, 0.15) is 12.5 Å². The maximum Gasteiger partial charge on any atom is 0.148 e. The summed E-state index contributed by atoms with van der Waals surface area (Å²) in [6.45, 7) is 3.24. The zero-order valence-electron chi connectivity index (χ0n) is 11.8. The number of benzene rings is 2. The van der Waals surface area contributed by atoms with Gasteiger partial charge in [0.05, 0.1) is 17.1 Å². The summed E-state index contributed by atoms with van der Waals surface area (Å²) in [4.78, 5) is 0. The van der Waals surface area contributed by atoms with Crippen molar-refractivity contribution in [1.29, 1.82) is 0 Å². The maximum absolute atomic E-state index is 14.3. The summed E-state index contributed by atoms with van der Waals surface area (Å²) >= 11 is 3.10. The molecular weight excluding hydrogens is 340 g/mol. The molecule has 1 N–H and O–H groups in total. The predicted molar refractivity (Wildman–Crippen MR) is 83.4 cm³/mol. The van der Waals surface area contributed by atoms with Crippen LogP contribution < -0.4 is 10.1 Å². The minimum absolute atomic E-state index is 0.0278. The van der Waals surface area contributed by atoms with Gasteiger partial charge in [0.1, 0.15) is 17.4 Å². The number of rotatable bonds is 5. The molecule has 0 fully saturated rings. The van der Waals surface area contributed by atoms with E-state index < -0.39 is 11.6 Å². The molecule has 112 valence electrons. The van der Waals surface area contributed by atoms with Crippen LogP contribution in [-0.4, -0.2) is 13.7 Å². The van der Waals surface area contributed by atoms with Crippen molar-refractivity contribution in [3.63, 3.8) is 0 Å². The Balaban J connectivity index is 2.60. The van der Waals surface area contributed by atoms with Crippen molar-refractivity contribution in [2.24, 2.45) is 0 Å². The first-order valence-corrected chi connectivity index (χ1v) is 7.39. The van der Waals surface area contributed by atoms with Crippen LogP contribution in [0.3, 0.4) is 0 Å². The van der Waals surface area contributed by atoms with E-state index >= 15 is 0 Å². The molecule has 0 saturated heterocycles. The molecule has 0 saturated carbocycles. The summed E-state index contributed by atoms with van der Waals surface area (Å²) in [6.07, 6.45) is 0. The van der Waals surface area contributed by atoms with Crippen molar-refractivity contribution in [1.82, 2.24) is 5.32 Å². The first-order chi connectivity index (χ1) is 10.1. The number of nitrogens with one attached hydrogen (secondary N) is 1. The van der Waals surface area contributed by atoms with E-state index in [1.807, 2.05) is 6.92 Å². The van der Waals surface area contributed by atoms with Gasteiger partial charge in [-0.15, -0.1) is 0 Å². The Morgan fingerprint density at radius 1 is 1.19 bits per heavy atom. The fraction of sp³-hybridized carbons (Fsp3) is 0.250. The van der Waals surface area contributed by atoms with Crippen LogP contribution in [0.25, 0.3) is 11.1 Å². The Bertz CT molecular complexity index is 646. The van der Waals surface area contributed by atoms with Gasteiger partial charge in [0, 0.05) is 6.54 Å². The molecule has 2 rings (SSSR count). The molecule has 2 nitrogen and oxygen atoms in total. The summed E-state index contributed by atoms with van der Waals surface area (Å²) in [6, 6.07) is 7.78. The van der Waals surface area contributed by atoms with E-state index in [1.54, 1.807) is 25.3 Å². The van der Waals surface area contributed by atoms with E-state index in [2.05, 4.69) is 21.2 Å². The molecule has 5 heteroatoms. The Kier molecular flexibility index (Phi) is 5.31. The highest BCUT2D eigenvalue weighted by molar-refractivity contribution is 9.10. The van der Waals surface area contributed by atoms with Crippen molar-refractivity contribution in [3.05, 3.63) is 52.0 Å². The SMILES string of the molecule is CCNCc1cc(OC)ccc1-c1c(F)ccc(Br)c1F. The minimum Gasteiger partial charge on any atom is -0.497 e. The van der Waals surface area contributed by atoms with Crippen LogP contribution in [-0.2, 0) is 6.54 Å². The van der Waals surface area contributed by atoms with Gasteiger partial charge in [-0.3, -0.25) is 0 Å². The normalized spacial score (nSPS) is 10.7. The summed E-state index contributed by atoms with van der Waals surface area (Å²) in [7, 11) is 1.56. The van der Waals surface area contributed by atoms with Gasteiger partial charge in [-0.25, -0.2) is 8.78 Å². The Morgan fingerprint density at radius 2 is 1.95 bits per heavy atom. The number of halogens is 3. The van der Waals surface area contributed by atoms with Gasteiger partial charge in [-0.05, 0) is 57.9 Å². The minimum atomic E-state index is -0.599. The molecule has 0 bridgehead atoms. The molecule has 0 unspecified atom stereocenters. The lowest BCUT2D eigenvalue weighted by atomic mass is 9.98. The number of ether oxygens (including phenoxy) is 1. The highest BCUT2D eigenvalue weighted by Gasteiger charge is 2.17. The molecule has 0 heterocycles. The zero-order chi connectivity index (χ0) is 15.4. The second kappa shape index (κ2) is 7.00. The quantitative estimate of drug-likeness (QED) is 0.796. The summed E-state index contributed by atoms with van der Waals surface area (Å²) in [5.41, 5.74) is 1.28. The predicted octanol–water partition coefficient (Wildman–Crippen LogP) is 4.51. The topological polar surface area (TPSA) is 21.3 Å².